The predicted molar refractivity (Wildman–Crippen MR) is 222 cm³/mol. The third-order valence-corrected chi connectivity index (χ3v) is 10.6. The molecule has 7 rings (SSSR count). The van der Waals surface area contributed by atoms with E-state index in [1.165, 1.54) is 146 Å². The molecule has 2 saturated carbocycles. The Kier molecular flexibility index (Phi) is 25.7. The molecule has 1 aromatic heterocycles. The highest BCUT2D eigenvalue weighted by Gasteiger charge is 2.22. The van der Waals surface area contributed by atoms with Crippen molar-refractivity contribution in [2.24, 2.45) is 17.3 Å². The van der Waals surface area contributed by atoms with Crippen LogP contribution in [0.25, 0.3) is 0 Å². The number of piperazine rings is 1. The number of piperidine rings is 2. The maximum Gasteiger partial charge on any atom is 0.0297 e. The number of aryl methyl sites for hydroxylation is 3. The van der Waals surface area contributed by atoms with Gasteiger partial charge in [0.05, 0.1) is 0 Å². The number of hydrogen-bond acceptors (Lipinski definition) is 5. The minimum absolute atomic E-state index is 0.618. The van der Waals surface area contributed by atoms with Crippen LogP contribution in [0.15, 0.2) is 48.8 Å². The molecule has 0 atom stereocenters. The van der Waals surface area contributed by atoms with Crippen molar-refractivity contribution < 1.29 is 0 Å². The van der Waals surface area contributed by atoms with Crippen molar-refractivity contribution >= 4 is 0 Å². The second-order valence-corrected chi connectivity index (χ2v) is 17.0. The van der Waals surface area contributed by atoms with Crippen molar-refractivity contribution in [2.45, 2.75) is 126 Å². The largest absolute Gasteiger partial charge is 0.306 e. The minimum Gasteiger partial charge on any atom is -0.306 e. The fourth-order valence-corrected chi connectivity index (χ4v) is 5.77. The molecule has 288 valence electrons. The summed E-state index contributed by atoms with van der Waals surface area (Å²) in [6, 6.07) is 12.3. The van der Waals surface area contributed by atoms with E-state index in [1.54, 1.807) is 6.20 Å². The van der Waals surface area contributed by atoms with Gasteiger partial charge in [-0.1, -0.05) is 109 Å². The molecule has 0 amide bonds. The molecule has 0 spiro atoms. The van der Waals surface area contributed by atoms with Crippen LogP contribution in [0.3, 0.4) is 0 Å². The van der Waals surface area contributed by atoms with Crippen LogP contribution < -0.4 is 0 Å². The number of rotatable bonds is 0. The molecule has 1 aromatic carbocycles. The predicted octanol–water partition coefficient (Wildman–Crippen LogP) is 10.4. The minimum atomic E-state index is 0.618. The normalized spacial score (nSPS) is 21.2. The summed E-state index contributed by atoms with van der Waals surface area (Å²) < 4.78 is 0. The Hall–Kier alpha value is -1.79. The van der Waals surface area contributed by atoms with Gasteiger partial charge in [-0.25, -0.2) is 0 Å². The summed E-state index contributed by atoms with van der Waals surface area (Å²) in [5.74, 6) is 2.12. The van der Waals surface area contributed by atoms with E-state index in [9.17, 15) is 0 Å². The highest BCUT2D eigenvalue weighted by Crippen LogP contribution is 2.28. The first kappa shape index (κ1) is 46.2. The van der Waals surface area contributed by atoms with Gasteiger partial charge in [-0.2, -0.15) is 0 Å². The summed E-state index contributed by atoms with van der Waals surface area (Å²) in [5.41, 5.74) is 4.56. The molecule has 4 heterocycles. The summed E-state index contributed by atoms with van der Waals surface area (Å²) in [5, 5.41) is 0. The van der Waals surface area contributed by atoms with Crippen LogP contribution in [0.1, 0.15) is 121 Å². The van der Waals surface area contributed by atoms with Crippen LogP contribution in [0, 0.1) is 38.0 Å². The molecule has 5 aliphatic rings. The van der Waals surface area contributed by atoms with Gasteiger partial charge in [0.2, 0.25) is 0 Å². The average molecular weight is 694 g/mol. The second kappa shape index (κ2) is 27.8. The Bertz CT molecular complexity index is 975. The fraction of sp³-hybridized carbons (Fsp3) is 0.756. The van der Waals surface area contributed by atoms with Gasteiger partial charge in [0.15, 0.2) is 0 Å². The summed E-state index contributed by atoms with van der Waals surface area (Å²) in [6.07, 6.45) is 21.0. The lowest BCUT2D eigenvalue weighted by atomic mass is 9.83. The molecule has 2 aromatic rings. The second-order valence-electron chi connectivity index (χ2n) is 17.0. The fourth-order valence-electron chi connectivity index (χ4n) is 5.77. The van der Waals surface area contributed by atoms with E-state index < -0.39 is 0 Å². The summed E-state index contributed by atoms with van der Waals surface area (Å²) >= 11 is 0. The van der Waals surface area contributed by atoms with Gasteiger partial charge in [-0.15, -0.1) is 0 Å². The van der Waals surface area contributed by atoms with Crippen LogP contribution in [-0.4, -0.2) is 105 Å². The van der Waals surface area contributed by atoms with Crippen molar-refractivity contribution in [3.8, 4) is 0 Å². The zero-order valence-electron chi connectivity index (χ0n) is 35.2. The molecule has 5 fully saturated rings. The average Bonchev–Trinajstić information content (AvgIpc) is 3.90. The third kappa shape index (κ3) is 27.9. The Morgan fingerprint density at radius 1 is 0.520 bits per heavy atom. The summed E-state index contributed by atoms with van der Waals surface area (Å²) in [6.45, 7) is 25.8. The van der Waals surface area contributed by atoms with Crippen LogP contribution in [0.5, 0.6) is 0 Å². The van der Waals surface area contributed by atoms with Crippen molar-refractivity contribution in [1.82, 2.24) is 24.6 Å². The number of likely N-dealkylation sites (tertiary alicyclic amines) is 2. The number of hydrogen-bond donors (Lipinski definition) is 0. The highest BCUT2D eigenvalue weighted by atomic mass is 15.2. The van der Waals surface area contributed by atoms with E-state index in [0.29, 0.717) is 5.41 Å². The monoisotopic (exact) mass is 694 g/mol. The van der Waals surface area contributed by atoms with Gasteiger partial charge < -0.3 is 19.6 Å². The lowest BCUT2D eigenvalue weighted by Gasteiger charge is -2.34. The van der Waals surface area contributed by atoms with Gasteiger partial charge in [-0.05, 0) is 141 Å². The van der Waals surface area contributed by atoms with Gasteiger partial charge in [-0.3, -0.25) is 4.98 Å². The first-order valence-corrected chi connectivity index (χ1v) is 20.4. The Morgan fingerprint density at radius 3 is 1.20 bits per heavy atom. The smallest absolute Gasteiger partial charge is 0.0297 e. The van der Waals surface area contributed by atoms with Gasteiger partial charge in [0.25, 0.3) is 0 Å². The number of likely N-dealkylation sites (N-methyl/N-ethyl adjacent to an activating group) is 2. The number of nitrogens with zero attached hydrogens (tertiary/aromatic N) is 5. The van der Waals surface area contributed by atoms with Crippen molar-refractivity contribution in [3.05, 3.63) is 65.5 Å². The molecule has 2 aliphatic carbocycles. The standard InChI is InChI=1S/C8H17N.C8H10.C7H14.C6H14N2.C6H7N.C6H13N.C4H8/c1-8(2)4-6-9(3)7-5-8;1-7-5-3-4-6-8(7)2;1-7-5-3-2-4-6-7;1-7-3-5-8(2)6-4-7;1-6-3-2-4-7-5-6;1-7-5-3-2-4-6-7;1-4-2-3-4/h4-7H2,1-3H3;3-6H,1-2H3;7H,2-6H2,1H3;3-6H2,1-2H3;2-5H,1H3;2-6H2,1H3;4H,2-3H2,1H3. The molecule has 0 unspecified atom stereocenters. The molecule has 5 nitrogen and oxygen atoms in total. The zero-order valence-corrected chi connectivity index (χ0v) is 35.2. The van der Waals surface area contributed by atoms with Crippen LogP contribution in [0.2, 0.25) is 0 Å². The Balaban J connectivity index is 0.000000294. The maximum absolute atomic E-state index is 3.88. The van der Waals surface area contributed by atoms with E-state index in [0.717, 1.165) is 11.8 Å². The Labute approximate surface area is 312 Å². The molecular formula is C45H83N5. The first-order chi connectivity index (χ1) is 23.8. The SMILES string of the molecule is CC1CC1.CC1CCCCC1.CN1CCC(C)(C)CC1.CN1CCCCC1.CN1CCN(C)CC1.Cc1ccccc1C.Cc1cccnc1. The summed E-state index contributed by atoms with van der Waals surface area (Å²) in [4.78, 5) is 13.4. The topological polar surface area (TPSA) is 25.9 Å². The van der Waals surface area contributed by atoms with Crippen molar-refractivity contribution in [3.63, 3.8) is 0 Å². The van der Waals surface area contributed by atoms with E-state index >= 15 is 0 Å². The highest BCUT2D eigenvalue weighted by molar-refractivity contribution is 5.23. The number of aromatic nitrogens is 1. The van der Waals surface area contributed by atoms with Crippen molar-refractivity contribution in [2.75, 3.05) is 80.5 Å². The molecule has 50 heavy (non-hydrogen) atoms. The van der Waals surface area contributed by atoms with E-state index in [1.807, 2.05) is 25.3 Å². The van der Waals surface area contributed by atoms with Gasteiger partial charge in [0, 0.05) is 38.6 Å². The molecule has 0 bridgehead atoms. The lowest BCUT2D eigenvalue weighted by molar-refractivity contribution is 0.157. The van der Waals surface area contributed by atoms with E-state index in [4.69, 9.17) is 0 Å². The van der Waals surface area contributed by atoms with Crippen LogP contribution in [0.4, 0.5) is 0 Å². The lowest BCUT2D eigenvalue weighted by Crippen LogP contribution is -2.42. The van der Waals surface area contributed by atoms with Crippen molar-refractivity contribution in [1.29, 1.82) is 0 Å². The number of benzene rings is 1. The zero-order chi connectivity index (χ0) is 37.2. The first-order valence-electron chi connectivity index (χ1n) is 20.4. The molecule has 0 N–H and O–H groups in total. The molecule has 0 radical (unpaired) electrons. The number of pyridine rings is 1. The molecular weight excluding hydrogens is 611 g/mol. The van der Waals surface area contributed by atoms with Gasteiger partial charge >= 0.3 is 0 Å². The molecule has 5 heteroatoms. The van der Waals surface area contributed by atoms with E-state index in [-0.39, 0.29) is 0 Å². The quantitative estimate of drug-likeness (QED) is 0.274. The van der Waals surface area contributed by atoms with Crippen LogP contribution >= 0.6 is 0 Å². The molecule has 3 saturated heterocycles. The van der Waals surface area contributed by atoms with Crippen LogP contribution in [-0.2, 0) is 0 Å². The maximum atomic E-state index is 3.88. The van der Waals surface area contributed by atoms with Gasteiger partial charge in [0.1, 0.15) is 0 Å². The molecule has 3 aliphatic heterocycles. The van der Waals surface area contributed by atoms with E-state index in [2.05, 4.69) is 119 Å². The Morgan fingerprint density at radius 2 is 0.940 bits per heavy atom. The summed E-state index contributed by atoms with van der Waals surface area (Å²) in [7, 11) is 8.74. The third-order valence-electron chi connectivity index (χ3n) is 10.6.